The summed E-state index contributed by atoms with van der Waals surface area (Å²) in [6.07, 6.45) is -4.55. The number of amides is 12. The Kier molecular flexibility index (Phi) is 30.9. The summed E-state index contributed by atoms with van der Waals surface area (Å²) in [5, 5.41) is 8.61. The fraction of sp³-hybridized carbons (Fsp3) is 0.813. The molecule has 32 heteroatoms. The highest BCUT2D eigenvalue weighted by Gasteiger charge is 2.55. The summed E-state index contributed by atoms with van der Waals surface area (Å²) in [4.78, 5) is 192. The standard InChI is InChI=1S/C75H118F6N12O14/c1-14-46(5)62-70(103)87(8)43-61(96)88(9)53-25-18-17-21-36-92(69(53)102)56(38-47-26-30-50(31-27-47)74(76,77)78)68(101)86(7)42-59(94)82-52(33-29-48-28-32-51(75(79,80)81)58(39-48)106-13)66(99)93-41-45(4)37-54(93)65(98)84-73(34-22-35-73)72(105)91(12)63(49-23-19-20-24-49)71(104)90(11)55(67(100)85(6)15-2)40-60(95)89(10)57(44-107-16-3)64(97)83-62/h17-18,45-58,62-63H,14-16,19-44H2,1-13H3,(H,82,94)(H,83,97)(H,84,98)/b18-17-/t45-,46-,47?,48?,50?,51?,52-,53-,54-,55-,56-,57-,58?,62-,63-/m0/s1. The molecule has 0 aromatic heterocycles. The minimum Gasteiger partial charge on any atom is -0.381 e. The van der Waals surface area contributed by atoms with E-state index in [2.05, 4.69) is 16.0 Å². The van der Waals surface area contributed by atoms with Crippen LogP contribution in [0.3, 0.4) is 0 Å². The number of likely N-dealkylation sites (N-methyl/N-ethyl adjacent to an activating group) is 7. The number of alkyl halides is 6. The smallest absolute Gasteiger partial charge is 0.381 e. The highest BCUT2D eigenvalue weighted by molar-refractivity contribution is 6.01. The van der Waals surface area contributed by atoms with Crippen molar-refractivity contribution >= 4 is 70.9 Å². The van der Waals surface area contributed by atoms with Gasteiger partial charge >= 0.3 is 12.4 Å². The van der Waals surface area contributed by atoms with Gasteiger partial charge in [0.05, 0.1) is 44.1 Å². The number of ether oxygens (including phenoxy) is 2. The Morgan fingerprint density at radius 2 is 1.31 bits per heavy atom. The molecule has 604 valence electrons. The molecule has 7 rings (SSSR count). The molecule has 3 N–H and O–H groups in total. The molecule has 3 unspecified atom stereocenters. The molecule has 7 aliphatic rings. The first-order valence-corrected chi connectivity index (χ1v) is 38.6. The van der Waals surface area contributed by atoms with Crippen molar-refractivity contribution in [2.45, 2.75) is 248 Å². The van der Waals surface area contributed by atoms with E-state index in [1.807, 2.05) is 6.92 Å². The number of hydrogen-bond acceptors (Lipinski definition) is 14. The van der Waals surface area contributed by atoms with E-state index in [1.165, 1.54) is 76.0 Å². The predicted molar refractivity (Wildman–Crippen MR) is 382 cm³/mol. The van der Waals surface area contributed by atoms with Crippen molar-refractivity contribution in [1.82, 2.24) is 60.0 Å². The number of methoxy groups -OCH3 is 1. The summed E-state index contributed by atoms with van der Waals surface area (Å²) >= 11 is 0. The Morgan fingerprint density at radius 3 is 1.90 bits per heavy atom. The topological polar surface area (TPSA) is 289 Å². The Labute approximate surface area is 626 Å². The van der Waals surface area contributed by atoms with E-state index in [-0.39, 0.29) is 135 Å². The van der Waals surface area contributed by atoms with Crippen LogP contribution in [0.15, 0.2) is 12.2 Å². The van der Waals surface area contributed by atoms with Crippen molar-refractivity contribution in [3.8, 4) is 0 Å². The van der Waals surface area contributed by atoms with Gasteiger partial charge in [0.25, 0.3) is 0 Å². The van der Waals surface area contributed by atoms with Crippen LogP contribution in [0.5, 0.6) is 0 Å². The summed E-state index contributed by atoms with van der Waals surface area (Å²) in [5.41, 5.74) is -1.60. The normalized spacial score (nSPS) is 31.4. The molecule has 12 amide bonds. The number of hydrogen-bond donors (Lipinski definition) is 3. The van der Waals surface area contributed by atoms with E-state index in [9.17, 15) is 55.1 Å². The third-order valence-electron chi connectivity index (χ3n) is 24.3. The zero-order valence-corrected chi connectivity index (χ0v) is 64.9. The Bertz CT molecular complexity index is 3180. The van der Waals surface area contributed by atoms with Gasteiger partial charge in [0, 0.05) is 82.7 Å². The summed E-state index contributed by atoms with van der Waals surface area (Å²) in [5.74, 6) is -14.5. The number of nitrogens with zero attached hydrogens (tertiary/aromatic N) is 9. The molecular weight excluding hydrogens is 1410 g/mol. The van der Waals surface area contributed by atoms with E-state index >= 15 is 28.8 Å². The predicted octanol–water partition coefficient (Wildman–Crippen LogP) is 5.69. The lowest BCUT2D eigenvalue weighted by molar-refractivity contribution is -0.215. The molecule has 2 bridgehead atoms. The SMILES string of the molecule is CCOC[C@H]1C(=O)N[C@@H]([C@@H](C)CC)C(=O)N(C)CC(=O)N(C)[C@H]2C/C=C\CCN(C2=O)[C@@H](CC2CCC(C(F)(F)F)CC2)C(=O)N(C)CC(=O)N[C@@H](CCC2CCC(C(F)(F)F)C(OC)C2)C(=O)N2C[C@@H](C)C[C@H]2C(=O)NC2(CCC2)C(=O)N(C)[C@@H](C2CCCC2)C(=O)N(C)[C@H](C(=O)N(C)CC)CC(=O)N1C. The van der Waals surface area contributed by atoms with E-state index in [0.29, 0.717) is 38.5 Å². The largest absolute Gasteiger partial charge is 0.394 e. The third kappa shape index (κ3) is 21.3. The molecular formula is C75H118F6N12O14. The molecule has 3 heterocycles. The zero-order chi connectivity index (χ0) is 79.3. The third-order valence-corrected chi connectivity index (χ3v) is 24.3. The lowest BCUT2D eigenvalue weighted by Gasteiger charge is -2.46. The van der Waals surface area contributed by atoms with E-state index in [0.717, 1.165) is 24.5 Å². The number of rotatable bonds is 14. The van der Waals surface area contributed by atoms with Gasteiger partial charge in [0.1, 0.15) is 53.9 Å². The Morgan fingerprint density at radius 1 is 0.664 bits per heavy atom. The molecule has 0 aromatic rings. The Hall–Kier alpha value is -7.12. The van der Waals surface area contributed by atoms with Crippen LogP contribution in [0, 0.1) is 41.4 Å². The summed E-state index contributed by atoms with van der Waals surface area (Å²) in [6.45, 7) is 7.00. The van der Waals surface area contributed by atoms with Crippen LogP contribution in [-0.2, 0) is 67.0 Å². The molecule has 6 fully saturated rings. The first kappa shape index (κ1) is 87.1. The van der Waals surface area contributed by atoms with E-state index < -0.39 is 198 Å². The zero-order valence-electron chi connectivity index (χ0n) is 64.9. The first-order valence-electron chi connectivity index (χ1n) is 38.6. The van der Waals surface area contributed by atoms with Gasteiger partial charge in [-0.05, 0) is 159 Å². The second-order valence-electron chi connectivity index (χ2n) is 31.5. The van der Waals surface area contributed by atoms with E-state index in [1.54, 1.807) is 39.8 Å². The van der Waals surface area contributed by atoms with Gasteiger partial charge < -0.3 is 69.5 Å². The monoisotopic (exact) mass is 1520 g/mol. The van der Waals surface area contributed by atoms with Gasteiger partial charge in [-0.15, -0.1) is 0 Å². The number of fused-ring (bicyclic) bond motifs is 3. The van der Waals surface area contributed by atoms with Crippen molar-refractivity contribution in [2.75, 3.05) is 102 Å². The highest BCUT2D eigenvalue weighted by Crippen LogP contribution is 2.45. The number of carbonyl (C=O) groups is 12. The minimum atomic E-state index is -4.55. The average molecular weight is 1530 g/mol. The van der Waals surface area contributed by atoms with Crippen LogP contribution in [0.2, 0.25) is 0 Å². The highest BCUT2D eigenvalue weighted by atomic mass is 19.4. The molecule has 0 aromatic carbocycles. The molecule has 3 aliphatic heterocycles. The fourth-order valence-corrected chi connectivity index (χ4v) is 16.9. The number of halogens is 6. The van der Waals surface area contributed by atoms with Crippen LogP contribution in [0.25, 0.3) is 0 Å². The maximum Gasteiger partial charge on any atom is 0.394 e. The molecule has 4 saturated carbocycles. The van der Waals surface area contributed by atoms with Crippen molar-refractivity contribution < 1.29 is 93.4 Å². The van der Waals surface area contributed by atoms with Crippen LogP contribution < -0.4 is 16.0 Å². The molecule has 13 atom stereocenters. The van der Waals surface area contributed by atoms with Crippen molar-refractivity contribution in [3.05, 3.63) is 12.2 Å². The van der Waals surface area contributed by atoms with Gasteiger partial charge in [-0.2, -0.15) is 26.3 Å². The molecule has 1 spiro atoms. The van der Waals surface area contributed by atoms with Gasteiger partial charge in [-0.3, -0.25) is 57.5 Å². The van der Waals surface area contributed by atoms with E-state index in [4.69, 9.17) is 9.47 Å². The summed E-state index contributed by atoms with van der Waals surface area (Å²) < 4.78 is 96.4. The van der Waals surface area contributed by atoms with Gasteiger partial charge in [0.2, 0.25) is 70.9 Å². The number of carbonyl (C=O) groups excluding carboxylic acids is 12. The van der Waals surface area contributed by atoms with Crippen LogP contribution in [-0.4, -0.2) is 290 Å². The maximum atomic E-state index is 15.6. The molecule has 26 nitrogen and oxygen atoms in total. The molecule has 4 aliphatic carbocycles. The second-order valence-corrected chi connectivity index (χ2v) is 31.5. The van der Waals surface area contributed by atoms with Gasteiger partial charge in [0.15, 0.2) is 0 Å². The second kappa shape index (κ2) is 38.0. The average Bonchev–Trinajstić information content (AvgIpc) is 1.63. The van der Waals surface area contributed by atoms with Crippen LogP contribution in [0.1, 0.15) is 176 Å². The number of nitrogens with one attached hydrogen (secondary N) is 3. The van der Waals surface area contributed by atoms with Crippen LogP contribution >= 0.6 is 0 Å². The van der Waals surface area contributed by atoms with Crippen molar-refractivity contribution in [1.29, 1.82) is 0 Å². The first-order chi connectivity index (χ1) is 50.3. The summed E-state index contributed by atoms with van der Waals surface area (Å²) in [7, 11) is 10.8. The summed E-state index contributed by atoms with van der Waals surface area (Å²) in [6, 6.07) is -10.9. The Balaban J connectivity index is 1.31. The molecule has 0 radical (unpaired) electrons. The lowest BCUT2D eigenvalue weighted by Crippen LogP contribution is -2.68. The lowest BCUT2D eigenvalue weighted by atomic mass is 9.74. The van der Waals surface area contributed by atoms with Crippen molar-refractivity contribution in [3.63, 3.8) is 0 Å². The van der Waals surface area contributed by atoms with Crippen molar-refractivity contribution in [2.24, 2.45) is 41.4 Å². The van der Waals surface area contributed by atoms with Crippen LogP contribution in [0.4, 0.5) is 26.3 Å². The minimum absolute atomic E-state index is 0.0117. The van der Waals surface area contributed by atoms with Gasteiger partial charge in [-0.25, -0.2) is 0 Å². The maximum absolute atomic E-state index is 15.6. The molecule has 107 heavy (non-hydrogen) atoms. The quantitative estimate of drug-likeness (QED) is 0.139. The molecule has 2 saturated heterocycles. The fourth-order valence-electron chi connectivity index (χ4n) is 16.9. The van der Waals surface area contributed by atoms with Gasteiger partial charge in [-0.1, -0.05) is 52.2 Å².